The maximum absolute atomic E-state index is 5.58. The normalized spacial score (nSPS) is 14.0. The molecule has 0 bridgehead atoms. The Labute approximate surface area is 319 Å². The Balaban J connectivity index is 1.19. The minimum Gasteiger partial charge on any atom is -0.293 e. The number of fused-ring (bicyclic) bond motifs is 10. The predicted octanol–water partition coefficient (Wildman–Crippen LogP) is 13.8. The van der Waals surface area contributed by atoms with E-state index in [9.17, 15) is 0 Å². The van der Waals surface area contributed by atoms with Crippen LogP contribution in [-0.4, -0.2) is 9.55 Å². The molecular formula is C53H36N2. The molecule has 0 saturated heterocycles. The summed E-state index contributed by atoms with van der Waals surface area (Å²) >= 11 is 0. The van der Waals surface area contributed by atoms with Crippen LogP contribution < -0.4 is 0 Å². The van der Waals surface area contributed by atoms with Crippen LogP contribution in [0.3, 0.4) is 0 Å². The van der Waals surface area contributed by atoms with Crippen molar-refractivity contribution in [2.24, 2.45) is 0 Å². The first-order valence-corrected chi connectivity index (χ1v) is 19.3. The van der Waals surface area contributed by atoms with Crippen LogP contribution in [0.1, 0.15) is 36.1 Å². The second-order valence-corrected chi connectivity index (χ2v) is 15.9. The van der Waals surface area contributed by atoms with Crippen molar-refractivity contribution in [1.29, 1.82) is 0 Å². The Hall–Kier alpha value is -6.77. The zero-order valence-corrected chi connectivity index (χ0v) is 30.8. The van der Waals surface area contributed by atoms with Crippen molar-refractivity contribution in [1.82, 2.24) is 9.55 Å². The Morgan fingerprint density at radius 3 is 2.05 bits per heavy atom. The molecule has 2 aliphatic rings. The highest BCUT2D eigenvalue weighted by Gasteiger charge is 2.38. The highest BCUT2D eigenvalue weighted by molar-refractivity contribution is 6.20. The molecule has 0 amide bonds. The molecule has 0 fully saturated rings. The van der Waals surface area contributed by atoms with Crippen molar-refractivity contribution < 1.29 is 0 Å². The third kappa shape index (κ3) is 4.34. The molecule has 0 aliphatic heterocycles. The van der Waals surface area contributed by atoms with Gasteiger partial charge >= 0.3 is 0 Å². The first-order chi connectivity index (χ1) is 27.0. The van der Waals surface area contributed by atoms with Gasteiger partial charge in [0.15, 0.2) is 0 Å². The van der Waals surface area contributed by atoms with Gasteiger partial charge in [-0.1, -0.05) is 141 Å². The fourth-order valence-electron chi connectivity index (χ4n) is 9.97. The fraction of sp³-hybridized carbons (Fsp3) is 0.0755. The van der Waals surface area contributed by atoms with E-state index < -0.39 is 0 Å². The van der Waals surface area contributed by atoms with E-state index in [0.29, 0.717) is 0 Å². The lowest BCUT2D eigenvalue weighted by Gasteiger charge is -2.26. The summed E-state index contributed by atoms with van der Waals surface area (Å²) in [5.74, 6) is 0.921. The molecule has 10 aromatic rings. The van der Waals surface area contributed by atoms with Crippen molar-refractivity contribution in [3.05, 3.63) is 186 Å². The summed E-state index contributed by atoms with van der Waals surface area (Å²) in [7, 11) is 0. The highest BCUT2D eigenvalue weighted by atomic mass is 15.1. The number of hydrogen-bond acceptors (Lipinski definition) is 1. The van der Waals surface area contributed by atoms with Crippen molar-refractivity contribution in [3.8, 4) is 39.3 Å². The molecule has 2 heterocycles. The Morgan fingerprint density at radius 1 is 0.545 bits per heavy atom. The van der Waals surface area contributed by atoms with E-state index in [0.717, 1.165) is 34.6 Å². The van der Waals surface area contributed by atoms with Crippen molar-refractivity contribution in [3.63, 3.8) is 0 Å². The number of nitrogens with zero attached hydrogens (tertiary/aromatic N) is 2. The molecule has 0 N–H and O–H groups in total. The summed E-state index contributed by atoms with van der Waals surface area (Å²) in [5, 5.41) is 10.2. The molecule has 55 heavy (non-hydrogen) atoms. The second-order valence-electron chi connectivity index (χ2n) is 15.9. The molecule has 2 aliphatic carbocycles. The van der Waals surface area contributed by atoms with E-state index in [1.54, 1.807) is 0 Å². The molecule has 0 spiro atoms. The van der Waals surface area contributed by atoms with Gasteiger partial charge in [0.05, 0.1) is 16.7 Å². The van der Waals surface area contributed by atoms with Crippen LogP contribution in [-0.2, 0) is 11.8 Å². The van der Waals surface area contributed by atoms with E-state index in [-0.39, 0.29) is 5.41 Å². The first-order valence-electron chi connectivity index (χ1n) is 19.3. The molecule has 2 nitrogen and oxygen atoms in total. The van der Waals surface area contributed by atoms with E-state index >= 15 is 0 Å². The minimum absolute atomic E-state index is 0.112. The zero-order chi connectivity index (χ0) is 36.4. The second kappa shape index (κ2) is 11.1. The molecular weight excluding hydrogens is 665 g/mol. The van der Waals surface area contributed by atoms with E-state index in [1.165, 1.54) is 87.6 Å². The maximum atomic E-state index is 5.58. The van der Waals surface area contributed by atoms with Gasteiger partial charge in [-0.2, -0.15) is 0 Å². The van der Waals surface area contributed by atoms with Gasteiger partial charge in [0, 0.05) is 27.3 Å². The number of aromatic nitrogens is 2. The number of para-hydroxylation sites is 1. The number of rotatable bonds is 3. The summed E-state index contributed by atoms with van der Waals surface area (Å²) < 4.78 is 2.45. The molecule has 0 saturated carbocycles. The van der Waals surface area contributed by atoms with E-state index in [2.05, 4.69) is 188 Å². The van der Waals surface area contributed by atoms with Gasteiger partial charge in [0.2, 0.25) is 0 Å². The molecule has 0 atom stereocenters. The number of benzene rings is 8. The van der Waals surface area contributed by atoms with Gasteiger partial charge in [0.1, 0.15) is 5.82 Å². The average molecular weight is 701 g/mol. The number of allylic oxidation sites excluding steroid dienone is 1. The third-order valence-electron chi connectivity index (χ3n) is 12.5. The van der Waals surface area contributed by atoms with Crippen LogP contribution in [0, 0.1) is 0 Å². The SMILES string of the molecule is CC1(C)c2ccccc2-c2cc3c4c(c5c(cc4c21)c1ccccc1n5-c1cc(-c2ccc4ccccc4c2)cc(-c2ccc4ccccc4c2)n1)C=CC3. The minimum atomic E-state index is -0.112. The van der Waals surface area contributed by atoms with Gasteiger partial charge in [-0.25, -0.2) is 4.98 Å². The smallest absolute Gasteiger partial charge is 0.138 e. The lowest BCUT2D eigenvalue weighted by Crippen LogP contribution is -2.16. The first kappa shape index (κ1) is 30.7. The summed E-state index contributed by atoms with van der Waals surface area (Å²) in [5.41, 5.74) is 14.9. The standard InChI is InChI=1S/C53H36N2/c1-53(2)46-20-9-7-17-40(46)43-28-38-16-11-19-42-50(38)45(51(43)53)31-44-41-18-8-10-21-48(41)55(52(42)44)49-30-39(36-24-22-32-12-3-5-14-34(32)26-36)29-47(54-49)37-25-23-33-13-4-6-15-35(33)27-37/h3-15,17-31H,16H2,1-2H3. The summed E-state index contributed by atoms with van der Waals surface area (Å²) in [6.07, 6.45) is 5.66. The van der Waals surface area contributed by atoms with Crippen LogP contribution in [0.15, 0.2) is 164 Å². The summed E-state index contributed by atoms with van der Waals surface area (Å²) in [6, 6.07) is 58.2. The molecule has 2 heteroatoms. The van der Waals surface area contributed by atoms with Crippen LogP contribution in [0.2, 0.25) is 0 Å². The fourth-order valence-corrected chi connectivity index (χ4v) is 9.97. The zero-order valence-electron chi connectivity index (χ0n) is 30.8. The largest absolute Gasteiger partial charge is 0.293 e. The maximum Gasteiger partial charge on any atom is 0.138 e. The molecule has 8 aromatic carbocycles. The molecule has 0 unspecified atom stereocenters. The van der Waals surface area contributed by atoms with Gasteiger partial charge in [-0.05, 0) is 120 Å². The topological polar surface area (TPSA) is 17.8 Å². The average Bonchev–Trinajstić information content (AvgIpc) is 3.69. The van der Waals surface area contributed by atoms with Crippen LogP contribution in [0.25, 0.3) is 99.5 Å². The lowest BCUT2D eigenvalue weighted by atomic mass is 9.78. The Morgan fingerprint density at radius 2 is 1.24 bits per heavy atom. The monoisotopic (exact) mass is 700 g/mol. The summed E-state index contributed by atoms with van der Waals surface area (Å²) in [4.78, 5) is 5.58. The summed E-state index contributed by atoms with van der Waals surface area (Å²) in [6.45, 7) is 4.81. The molecule has 258 valence electrons. The molecule has 2 aromatic heterocycles. The van der Waals surface area contributed by atoms with Gasteiger partial charge in [-0.15, -0.1) is 0 Å². The van der Waals surface area contributed by atoms with Gasteiger partial charge < -0.3 is 0 Å². The Bertz CT molecular complexity index is 3220. The lowest BCUT2D eigenvalue weighted by molar-refractivity contribution is 0.666. The van der Waals surface area contributed by atoms with Crippen molar-refractivity contribution in [2.45, 2.75) is 25.7 Å². The van der Waals surface area contributed by atoms with Crippen LogP contribution in [0.5, 0.6) is 0 Å². The van der Waals surface area contributed by atoms with E-state index in [1.807, 2.05) is 0 Å². The predicted molar refractivity (Wildman–Crippen MR) is 232 cm³/mol. The number of hydrogen-bond donors (Lipinski definition) is 0. The van der Waals surface area contributed by atoms with Gasteiger partial charge in [-0.3, -0.25) is 4.57 Å². The van der Waals surface area contributed by atoms with Crippen LogP contribution in [0.4, 0.5) is 0 Å². The van der Waals surface area contributed by atoms with Crippen molar-refractivity contribution in [2.75, 3.05) is 0 Å². The van der Waals surface area contributed by atoms with Crippen molar-refractivity contribution >= 4 is 60.2 Å². The quantitative estimate of drug-likeness (QED) is 0.179. The number of pyridine rings is 1. The molecule has 0 radical (unpaired) electrons. The Kier molecular flexibility index (Phi) is 6.21. The van der Waals surface area contributed by atoms with E-state index in [4.69, 9.17) is 4.98 Å². The highest BCUT2D eigenvalue weighted by Crippen LogP contribution is 2.54. The third-order valence-corrected chi connectivity index (χ3v) is 12.5. The molecule has 12 rings (SSSR count). The van der Waals surface area contributed by atoms with Crippen LogP contribution >= 0.6 is 0 Å². The van der Waals surface area contributed by atoms with Gasteiger partial charge in [0.25, 0.3) is 0 Å².